The normalized spacial score (nSPS) is 24.4. The number of ether oxygens (including phenoxy) is 1. The maximum atomic E-state index is 12.6. The Balaban J connectivity index is 1.56. The number of rotatable bonds is 6. The van der Waals surface area contributed by atoms with Crippen LogP contribution in [-0.4, -0.2) is 62.3 Å². The molecular weight excluding hydrogens is 478 g/mol. The van der Waals surface area contributed by atoms with Crippen molar-refractivity contribution >= 4 is 28.5 Å². The van der Waals surface area contributed by atoms with Crippen molar-refractivity contribution in [3.8, 4) is 28.3 Å². The van der Waals surface area contributed by atoms with E-state index >= 15 is 0 Å². The molecule has 3 saturated carbocycles. The van der Waals surface area contributed by atoms with Crippen LogP contribution in [0.5, 0.6) is 5.75 Å². The van der Waals surface area contributed by atoms with Crippen LogP contribution in [0.4, 0.5) is 0 Å². The molecule has 7 rings (SSSR count). The van der Waals surface area contributed by atoms with Crippen molar-refractivity contribution in [3.63, 3.8) is 0 Å². The van der Waals surface area contributed by atoms with Crippen LogP contribution in [0.2, 0.25) is 5.02 Å². The largest absolute Gasteiger partial charge is 0.495 e. The van der Waals surface area contributed by atoms with Gasteiger partial charge in [0.2, 0.25) is 5.91 Å². The molecule has 0 aliphatic heterocycles. The number of amides is 1. The van der Waals surface area contributed by atoms with E-state index in [0.717, 1.165) is 29.7 Å². The van der Waals surface area contributed by atoms with Gasteiger partial charge in [0.25, 0.3) is 0 Å². The Bertz CT molecular complexity index is 1520. The molecule has 3 aromatic heterocycles. The van der Waals surface area contributed by atoms with E-state index in [9.17, 15) is 4.79 Å². The highest BCUT2D eigenvalue weighted by Gasteiger charge is 2.80. The van der Waals surface area contributed by atoms with Gasteiger partial charge in [0, 0.05) is 46.9 Å². The first-order valence-corrected chi connectivity index (χ1v) is 12.0. The summed E-state index contributed by atoms with van der Waals surface area (Å²) < 4.78 is 7.51. The summed E-state index contributed by atoms with van der Waals surface area (Å²) in [5.74, 6) is 0.133. The number of methoxy groups -OCH3 is 1. The zero-order valence-corrected chi connectivity index (χ0v) is 21.2. The van der Waals surface area contributed by atoms with E-state index in [2.05, 4.69) is 14.9 Å². The number of pyridine rings is 1. The summed E-state index contributed by atoms with van der Waals surface area (Å²) >= 11 is 6.11. The quantitative estimate of drug-likeness (QED) is 0.429. The Morgan fingerprint density at radius 1 is 1.19 bits per heavy atom. The van der Waals surface area contributed by atoms with Crippen molar-refractivity contribution in [2.45, 2.75) is 24.3 Å². The zero-order valence-electron chi connectivity index (χ0n) is 20.5. The number of nitrogens with two attached hydrogens (primary N) is 1. The van der Waals surface area contributed by atoms with Gasteiger partial charge in [-0.15, -0.1) is 0 Å². The second-order valence-corrected chi connectivity index (χ2v) is 10.5. The molecule has 1 aromatic carbocycles. The molecule has 3 aliphatic carbocycles. The first kappa shape index (κ1) is 22.9. The number of hydrogen-bond donors (Lipinski definition) is 1. The third-order valence-electron chi connectivity index (χ3n) is 8.01. The summed E-state index contributed by atoms with van der Waals surface area (Å²) in [7, 11) is 7.55. The highest BCUT2D eigenvalue weighted by molar-refractivity contribution is 6.30. The number of halogens is 1. The predicted molar refractivity (Wildman–Crippen MR) is 137 cm³/mol. The number of fused-ring (bicyclic) bond motifs is 1. The number of likely N-dealkylation sites (N-methyl/N-ethyl adjacent to an activating group) is 1. The van der Waals surface area contributed by atoms with Gasteiger partial charge >= 0.3 is 0 Å². The third-order valence-corrected chi connectivity index (χ3v) is 8.26. The van der Waals surface area contributed by atoms with Crippen LogP contribution in [0.1, 0.15) is 24.5 Å². The topological polar surface area (TPSA) is 112 Å². The number of nitrogens with zero attached hydrogens (tertiary/aromatic N) is 6. The van der Waals surface area contributed by atoms with Crippen molar-refractivity contribution in [1.82, 2.24) is 29.6 Å². The maximum Gasteiger partial charge on any atom is 0.224 e. The Morgan fingerprint density at radius 2 is 1.92 bits per heavy atom. The molecule has 0 spiro atoms. The fourth-order valence-corrected chi connectivity index (χ4v) is 6.27. The van der Waals surface area contributed by atoms with E-state index < -0.39 is 5.41 Å². The minimum Gasteiger partial charge on any atom is -0.495 e. The lowest BCUT2D eigenvalue weighted by molar-refractivity contribution is -0.228. The fraction of sp³-hybridized carbons (Fsp3) is 0.346. The van der Waals surface area contributed by atoms with Crippen molar-refractivity contribution in [1.29, 1.82) is 0 Å². The van der Waals surface area contributed by atoms with Crippen molar-refractivity contribution in [2.75, 3.05) is 21.2 Å². The highest BCUT2D eigenvalue weighted by Crippen LogP contribution is 2.77. The SMILES string of the molecule is COc1cc2ncnc(-c3cn(C)nc3-c3ccc(Cl)cc3)c2nc1C1C2(C(N)=O)CC1(N(C)C)C2. The molecule has 1 unspecified atom stereocenters. The lowest BCUT2D eigenvalue weighted by atomic mass is 9.31. The van der Waals surface area contributed by atoms with Crippen LogP contribution in [0, 0.1) is 5.41 Å². The molecule has 184 valence electrons. The number of aryl methyl sites for hydroxylation is 1. The third kappa shape index (κ3) is 2.96. The first-order valence-electron chi connectivity index (χ1n) is 11.7. The Kier molecular flexibility index (Phi) is 4.90. The van der Waals surface area contributed by atoms with Gasteiger partial charge in [0.15, 0.2) is 0 Å². The number of primary amides is 1. The van der Waals surface area contributed by atoms with Crippen LogP contribution in [-0.2, 0) is 11.8 Å². The minimum absolute atomic E-state index is 0.172. The molecule has 1 atom stereocenters. The summed E-state index contributed by atoms with van der Waals surface area (Å²) in [5, 5.41) is 5.34. The summed E-state index contributed by atoms with van der Waals surface area (Å²) in [5.41, 5.74) is 10.2. The number of carbonyl (C=O) groups excluding carboxylic acids is 1. The van der Waals surface area contributed by atoms with Crippen LogP contribution >= 0.6 is 11.6 Å². The number of hydrogen-bond acceptors (Lipinski definition) is 7. The lowest BCUT2D eigenvalue weighted by Gasteiger charge is -2.76. The van der Waals surface area contributed by atoms with Crippen LogP contribution in [0.3, 0.4) is 0 Å². The first-order chi connectivity index (χ1) is 17.2. The van der Waals surface area contributed by atoms with Gasteiger partial charge in [-0.3, -0.25) is 9.48 Å². The molecule has 2 bridgehead atoms. The van der Waals surface area contributed by atoms with E-state index in [-0.39, 0.29) is 17.4 Å². The van der Waals surface area contributed by atoms with E-state index in [1.165, 1.54) is 6.33 Å². The van der Waals surface area contributed by atoms with Crippen LogP contribution in [0.25, 0.3) is 33.5 Å². The summed E-state index contributed by atoms with van der Waals surface area (Å²) in [6.07, 6.45) is 4.88. The molecule has 9 nitrogen and oxygen atoms in total. The second kappa shape index (κ2) is 7.72. The average Bonchev–Trinajstić information content (AvgIpc) is 3.18. The Hall–Kier alpha value is -3.56. The van der Waals surface area contributed by atoms with Gasteiger partial charge in [-0.05, 0) is 39.1 Å². The van der Waals surface area contributed by atoms with E-state index in [1.807, 2.05) is 57.7 Å². The molecule has 10 heteroatoms. The van der Waals surface area contributed by atoms with Crippen LogP contribution in [0.15, 0.2) is 42.9 Å². The molecule has 1 amide bonds. The Labute approximate surface area is 213 Å². The van der Waals surface area contributed by atoms with Gasteiger partial charge < -0.3 is 15.4 Å². The smallest absolute Gasteiger partial charge is 0.224 e. The van der Waals surface area contributed by atoms with Gasteiger partial charge in [0.1, 0.15) is 29.0 Å². The standard InChI is InChI=1S/C26H26ClN7O2/c1-33(2)26-11-25(12-26,24(28)35)23(26)22-18(36-4)9-17-21(31-22)20(30-13-29-17)16-10-34(3)32-19(16)14-5-7-15(27)8-6-14/h5-10,13,23H,11-12H2,1-4H3,(H2,28,35). The number of aromatic nitrogens is 5. The summed E-state index contributed by atoms with van der Waals surface area (Å²) in [4.78, 5) is 28.9. The molecule has 3 aliphatic rings. The second-order valence-electron chi connectivity index (χ2n) is 10.0. The molecule has 0 radical (unpaired) electrons. The van der Waals surface area contributed by atoms with E-state index in [0.29, 0.717) is 33.2 Å². The average molecular weight is 504 g/mol. The van der Waals surface area contributed by atoms with Gasteiger partial charge in [-0.25, -0.2) is 15.0 Å². The van der Waals surface area contributed by atoms with Crippen LogP contribution < -0.4 is 10.5 Å². The molecule has 0 saturated heterocycles. The van der Waals surface area contributed by atoms with E-state index in [4.69, 9.17) is 32.2 Å². The molecular formula is C26H26ClN7O2. The monoisotopic (exact) mass is 503 g/mol. The molecule has 4 aromatic rings. The van der Waals surface area contributed by atoms with Gasteiger partial charge in [0.05, 0.1) is 23.7 Å². The fourth-order valence-electron chi connectivity index (χ4n) is 6.14. The summed E-state index contributed by atoms with van der Waals surface area (Å²) in [6, 6.07) is 9.40. The molecule has 3 fully saturated rings. The van der Waals surface area contributed by atoms with Gasteiger partial charge in [-0.1, -0.05) is 23.7 Å². The molecule has 3 heterocycles. The van der Waals surface area contributed by atoms with Crippen molar-refractivity contribution in [3.05, 3.63) is 53.6 Å². The molecule has 2 N–H and O–H groups in total. The summed E-state index contributed by atoms with van der Waals surface area (Å²) in [6.45, 7) is 0. The number of benzene rings is 1. The predicted octanol–water partition coefficient (Wildman–Crippen LogP) is 3.42. The van der Waals surface area contributed by atoms with E-state index in [1.54, 1.807) is 11.8 Å². The molecule has 36 heavy (non-hydrogen) atoms. The maximum absolute atomic E-state index is 12.6. The zero-order chi connectivity index (χ0) is 25.4. The van der Waals surface area contributed by atoms with Crippen molar-refractivity contribution in [2.24, 2.45) is 18.2 Å². The number of carbonyl (C=O) groups is 1. The lowest BCUT2D eigenvalue weighted by Crippen LogP contribution is -2.82. The van der Waals surface area contributed by atoms with Crippen molar-refractivity contribution < 1.29 is 9.53 Å². The minimum atomic E-state index is -0.614. The van der Waals surface area contributed by atoms with Gasteiger partial charge in [-0.2, -0.15) is 5.10 Å². The Morgan fingerprint density at radius 3 is 2.56 bits per heavy atom. The highest BCUT2D eigenvalue weighted by atomic mass is 35.5.